The molecule has 10 heteroatoms. The fourth-order valence-corrected chi connectivity index (χ4v) is 1.52. The fraction of sp³-hybridized carbons (Fsp3) is 0.0833. The number of nitrogens with zero attached hydrogens (tertiary/aromatic N) is 3. The van der Waals surface area contributed by atoms with Crippen molar-refractivity contribution in [2.24, 2.45) is 0 Å². The Morgan fingerprint density at radius 2 is 1.91 bits per heavy atom. The Hall–Kier alpha value is -3.30. The van der Waals surface area contributed by atoms with Crippen LogP contribution in [0.4, 0.5) is 10.2 Å². The first-order valence-corrected chi connectivity index (χ1v) is 5.98. The summed E-state index contributed by atoms with van der Waals surface area (Å²) < 4.78 is 13.8. The summed E-state index contributed by atoms with van der Waals surface area (Å²) in [5, 5.41) is 14.0. The van der Waals surface area contributed by atoms with E-state index in [9.17, 15) is 24.1 Å². The summed E-state index contributed by atoms with van der Waals surface area (Å²) >= 11 is 0. The number of hydrogen-bond acceptors (Lipinski definition) is 5. The van der Waals surface area contributed by atoms with Gasteiger partial charge in [-0.3, -0.25) is 20.4 Å². The van der Waals surface area contributed by atoms with Gasteiger partial charge in [-0.05, 0) is 29.2 Å². The number of carbonyl (C=O) groups excluding carboxylic acids is 2. The molecule has 0 aliphatic heterocycles. The molecule has 0 bridgehead atoms. The molecule has 0 spiro atoms. The lowest BCUT2D eigenvalue weighted by Gasteiger charge is -2.06. The van der Waals surface area contributed by atoms with E-state index in [2.05, 4.69) is 16.0 Å². The van der Waals surface area contributed by atoms with Crippen molar-refractivity contribution in [3.63, 3.8) is 0 Å². The number of nitrogens with one attached hydrogen (secondary N) is 2. The summed E-state index contributed by atoms with van der Waals surface area (Å²) in [6.07, 6.45) is 1.26. The molecule has 0 aliphatic carbocycles. The van der Waals surface area contributed by atoms with Crippen molar-refractivity contribution < 1.29 is 18.9 Å². The molecule has 2 N–H and O–H groups in total. The molecule has 1 aromatic carbocycles. The Morgan fingerprint density at radius 1 is 1.23 bits per heavy atom. The van der Waals surface area contributed by atoms with E-state index in [1.165, 1.54) is 18.3 Å². The summed E-state index contributed by atoms with van der Waals surface area (Å²) in [5.41, 5.74) is 4.42. The van der Waals surface area contributed by atoms with E-state index >= 15 is 0 Å². The zero-order valence-electron chi connectivity index (χ0n) is 11.0. The number of hydrogen-bond donors (Lipinski definition) is 2. The van der Waals surface area contributed by atoms with Gasteiger partial charge < -0.3 is 10.1 Å². The maximum Gasteiger partial charge on any atom is 0.389 e. The molecular weight excluding hydrogens is 297 g/mol. The van der Waals surface area contributed by atoms with E-state index in [1.54, 1.807) is 0 Å². The van der Waals surface area contributed by atoms with Gasteiger partial charge in [0.2, 0.25) is 0 Å². The molecule has 0 fully saturated rings. The first-order chi connectivity index (χ1) is 10.5. The number of aromatic nitrogens is 2. The molecule has 9 nitrogen and oxygen atoms in total. The highest BCUT2D eigenvalue weighted by Gasteiger charge is 2.14. The van der Waals surface area contributed by atoms with E-state index in [1.807, 2.05) is 0 Å². The maximum atomic E-state index is 12.7. The van der Waals surface area contributed by atoms with Crippen molar-refractivity contribution in [2.75, 3.05) is 0 Å². The first-order valence-electron chi connectivity index (χ1n) is 5.98. The number of nitro groups is 1. The largest absolute Gasteiger partial charge is 0.389 e. The monoisotopic (exact) mass is 307 g/mol. The van der Waals surface area contributed by atoms with Gasteiger partial charge in [0.05, 0.1) is 17.4 Å². The molecule has 2 aromatic rings. The van der Waals surface area contributed by atoms with Crippen LogP contribution < -0.4 is 10.9 Å². The summed E-state index contributed by atoms with van der Waals surface area (Å²) in [7, 11) is 0. The van der Waals surface area contributed by atoms with Crippen molar-refractivity contribution >= 4 is 17.6 Å². The van der Waals surface area contributed by atoms with Crippen molar-refractivity contribution in [3.05, 3.63) is 58.0 Å². The third-order valence-corrected chi connectivity index (χ3v) is 2.54. The Bertz CT molecular complexity index is 713. The second-order valence-corrected chi connectivity index (χ2v) is 4.14. The molecule has 2 rings (SSSR count). The van der Waals surface area contributed by atoms with Gasteiger partial charge >= 0.3 is 5.82 Å². The van der Waals surface area contributed by atoms with Crippen molar-refractivity contribution in [1.29, 1.82) is 0 Å². The average molecular weight is 307 g/mol. The number of amides is 2. The lowest BCUT2D eigenvalue weighted by Crippen LogP contribution is -2.43. The molecule has 0 aliphatic rings. The molecule has 1 aromatic heterocycles. The van der Waals surface area contributed by atoms with E-state index in [0.29, 0.717) is 0 Å². The third-order valence-electron chi connectivity index (χ3n) is 2.54. The topological polar surface area (TPSA) is 119 Å². The summed E-state index contributed by atoms with van der Waals surface area (Å²) in [4.78, 5) is 33.0. The molecule has 0 saturated carbocycles. The van der Waals surface area contributed by atoms with Crippen molar-refractivity contribution in [2.45, 2.75) is 6.54 Å². The summed E-state index contributed by atoms with van der Waals surface area (Å²) in [6.45, 7) is -0.308. The van der Waals surface area contributed by atoms with Crippen LogP contribution >= 0.6 is 0 Å². The number of hydrazine groups is 1. The van der Waals surface area contributed by atoms with Gasteiger partial charge in [-0.25, -0.2) is 4.39 Å². The predicted octanol–water partition coefficient (Wildman–Crippen LogP) is 0.392. The second-order valence-electron chi connectivity index (χ2n) is 4.14. The van der Waals surface area contributed by atoms with E-state index < -0.39 is 22.6 Å². The predicted molar refractivity (Wildman–Crippen MR) is 70.9 cm³/mol. The van der Waals surface area contributed by atoms with Crippen LogP contribution in [0.2, 0.25) is 0 Å². The van der Waals surface area contributed by atoms with Gasteiger partial charge in [0.1, 0.15) is 12.4 Å². The highest BCUT2D eigenvalue weighted by Crippen LogP contribution is 2.05. The van der Waals surface area contributed by atoms with Crippen molar-refractivity contribution in [3.8, 4) is 0 Å². The van der Waals surface area contributed by atoms with Crippen LogP contribution in [0.15, 0.2) is 36.5 Å². The van der Waals surface area contributed by atoms with Crippen LogP contribution in [0, 0.1) is 15.9 Å². The highest BCUT2D eigenvalue weighted by molar-refractivity contribution is 5.95. The van der Waals surface area contributed by atoms with E-state index in [0.717, 1.165) is 22.9 Å². The first kappa shape index (κ1) is 15.1. The van der Waals surface area contributed by atoms with Crippen LogP contribution in [0.1, 0.15) is 10.4 Å². The SMILES string of the molecule is O=C(Cn1ccc([N+](=O)[O-])n1)NNC(=O)c1ccc(F)cc1. The zero-order chi connectivity index (χ0) is 16.1. The van der Waals surface area contributed by atoms with Gasteiger partial charge in [0, 0.05) is 5.56 Å². The standard InChI is InChI=1S/C12H10FN5O4/c13-9-3-1-8(2-4-9)12(20)15-14-11(19)7-17-6-5-10(16-17)18(21)22/h1-6H,7H2,(H,14,19)(H,15,20). The van der Waals surface area contributed by atoms with Gasteiger partial charge in [-0.15, -0.1) is 0 Å². The van der Waals surface area contributed by atoms with Crippen LogP contribution in [0.3, 0.4) is 0 Å². The summed E-state index contributed by atoms with van der Waals surface area (Å²) in [5.74, 6) is -2.13. The smallest absolute Gasteiger partial charge is 0.358 e. The van der Waals surface area contributed by atoms with Crippen LogP contribution in [-0.2, 0) is 11.3 Å². The van der Waals surface area contributed by atoms with Crippen LogP contribution in [0.25, 0.3) is 0 Å². The van der Waals surface area contributed by atoms with Crippen LogP contribution in [-0.4, -0.2) is 26.5 Å². The number of halogens is 1. The number of carbonyl (C=O) groups is 2. The number of benzene rings is 1. The molecule has 0 unspecified atom stereocenters. The fourth-order valence-electron chi connectivity index (χ4n) is 1.52. The van der Waals surface area contributed by atoms with Gasteiger partial charge in [0.25, 0.3) is 11.8 Å². The Balaban J connectivity index is 1.85. The Kier molecular flexibility index (Phi) is 4.41. The maximum absolute atomic E-state index is 12.7. The minimum absolute atomic E-state index is 0.163. The lowest BCUT2D eigenvalue weighted by atomic mass is 10.2. The summed E-state index contributed by atoms with van der Waals surface area (Å²) in [6, 6.07) is 5.88. The molecule has 1 heterocycles. The van der Waals surface area contributed by atoms with E-state index in [4.69, 9.17) is 0 Å². The minimum atomic E-state index is -0.690. The van der Waals surface area contributed by atoms with Gasteiger partial charge in [0.15, 0.2) is 0 Å². The molecule has 114 valence electrons. The Labute approximate surface area is 122 Å². The second kappa shape index (κ2) is 6.43. The molecular formula is C12H10FN5O4. The molecule has 0 saturated heterocycles. The lowest BCUT2D eigenvalue weighted by molar-refractivity contribution is -0.389. The van der Waals surface area contributed by atoms with Crippen molar-refractivity contribution in [1.82, 2.24) is 20.6 Å². The molecule has 0 radical (unpaired) electrons. The Morgan fingerprint density at radius 3 is 2.50 bits per heavy atom. The molecule has 22 heavy (non-hydrogen) atoms. The van der Waals surface area contributed by atoms with Gasteiger partial charge in [-0.1, -0.05) is 0 Å². The third kappa shape index (κ3) is 3.85. The number of rotatable bonds is 4. The minimum Gasteiger partial charge on any atom is -0.358 e. The quantitative estimate of drug-likeness (QED) is 0.625. The van der Waals surface area contributed by atoms with E-state index in [-0.39, 0.29) is 17.9 Å². The average Bonchev–Trinajstić information content (AvgIpc) is 2.94. The zero-order valence-corrected chi connectivity index (χ0v) is 11.0. The molecule has 2 amide bonds. The molecule has 0 atom stereocenters. The highest BCUT2D eigenvalue weighted by atomic mass is 19.1. The van der Waals surface area contributed by atoms with Crippen LogP contribution in [0.5, 0.6) is 0 Å². The normalized spacial score (nSPS) is 10.0. The van der Waals surface area contributed by atoms with Gasteiger partial charge in [-0.2, -0.15) is 4.68 Å².